The minimum atomic E-state index is -2.37. The molecule has 0 aromatic heterocycles. The van der Waals surface area contributed by atoms with Crippen LogP contribution in [-0.4, -0.2) is 6.54 Å². The number of hydrogen-bond acceptors (Lipinski definition) is 1. The summed E-state index contributed by atoms with van der Waals surface area (Å²) in [6, 6.07) is 6.61. The van der Waals surface area contributed by atoms with Crippen LogP contribution in [0.4, 0.5) is 8.78 Å². The van der Waals surface area contributed by atoms with E-state index in [9.17, 15) is 8.78 Å². The van der Waals surface area contributed by atoms with Crippen molar-refractivity contribution in [2.24, 2.45) is 5.92 Å². The molecule has 1 saturated carbocycles. The quantitative estimate of drug-likeness (QED) is 0.738. The number of benzene rings is 1. The first-order valence-electron chi connectivity index (χ1n) is 7.33. The van der Waals surface area contributed by atoms with Crippen molar-refractivity contribution < 1.29 is 8.78 Å². The highest BCUT2D eigenvalue weighted by molar-refractivity contribution is 5.23. The predicted octanol–water partition coefficient (Wildman–Crippen LogP) is 4.68. The van der Waals surface area contributed by atoms with Crippen molar-refractivity contribution in [3.05, 3.63) is 35.4 Å². The van der Waals surface area contributed by atoms with E-state index in [1.165, 1.54) is 50.7 Å². The molecule has 2 rings (SSSR count). The fourth-order valence-electron chi connectivity index (χ4n) is 2.80. The van der Waals surface area contributed by atoms with Crippen LogP contribution in [0.25, 0.3) is 0 Å². The van der Waals surface area contributed by atoms with Gasteiger partial charge in [-0.1, -0.05) is 56.4 Å². The van der Waals surface area contributed by atoms with Gasteiger partial charge in [0.15, 0.2) is 0 Å². The molecule has 1 aromatic rings. The highest BCUT2D eigenvalue weighted by Crippen LogP contribution is 2.25. The van der Waals surface area contributed by atoms with Crippen LogP contribution in [0.1, 0.15) is 56.1 Å². The van der Waals surface area contributed by atoms with Crippen molar-refractivity contribution >= 4 is 0 Å². The molecule has 3 heteroatoms. The van der Waals surface area contributed by atoms with Crippen LogP contribution in [0.15, 0.2) is 24.3 Å². The molecular weight excluding hydrogens is 244 g/mol. The molecule has 0 radical (unpaired) electrons. The summed E-state index contributed by atoms with van der Waals surface area (Å²) >= 11 is 0. The normalized spacial score (nSPS) is 17.0. The molecule has 1 aromatic carbocycles. The molecule has 0 heterocycles. The van der Waals surface area contributed by atoms with Gasteiger partial charge in [-0.2, -0.15) is 0 Å². The van der Waals surface area contributed by atoms with E-state index in [4.69, 9.17) is 0 Å². The van der Waals surface area contributed by atoms with Gasteiger partial charge in [0.1, 0.15) is 0 Å². The van der Waals surface area contributed by atoms with Gasteiger partial charge in [0.2, 0.25) is 0 Å². The molecule has 0 atom stereocenters. The van der Waals surface area contributed by atoms with Gasteiger partial charge in [-0.15, -0.1) is 0 Å². The minimum absolute atomic E-state index is 0.103. The third-order valence-corrected chi connectivity index (χ3v) is 4.01. The molecule has 1 fully saturated rings. The van der Waals surface area contributed by atoms with Crippen LogP contribution in [0.2, 0.25) is 0 Å². The summed E-state index contributed by atoms with van der Waals surface area (Å²) in [7, 11) is 0. The van der Waals surface area contributed by atoms with E-state index < -0.39 is 6.43 Å². The largest absolute Gasteiger partial charge is 0.313 e. The SMILES string of the molecule is FC(F)c1ccc(CNCCC2CCCCC2)cc1. The third-order valence-electron chi connectivity index (χ3n) is 4.01. The lowest BCUT2D eigenvalue weighted by molar-refractivity contribution is 0.151. The lowest BCUT2D eigenvalue weighted by Crippen LogP contribution is -2.19. The van der Waals surface area contributed by atoms with Crippen LogP contribution in [0.5, 0.6) is 0 Å². The zero-order chi connectivity index (χ0) is 13.5. The maximum atomic E-state index is 12.4. The Labute approximate surface area is 114 Å². The number of rotatable bonds is 6. The summed E-state index contributed by atoms with van der Waals surface area (Å²) in [6.45, 7) is 1.80. The molecule has 1 N–H and O–H groups in total. The number of alkyl halides is 2. The van der Waals surface area contributed by atoms with Gasteiger partial charge in [0.25, 0.3) is 6.43 Å². The summed E-state index contributed by atoms with van der Waals surface area (Å²) in [5, 5.41) is 3.41. The van der Waals surface area contributed by atoms with Gasteiger partial charge < -0.3 is 5.32 Å². The maximum absolute atomic E-state index is 12.4. The molecule has 0 aliphatic heterocycles. The Balaban J connectivity index is 1.64. The van der Waals surface area contributed by atoms with Gasteiger partial charge in [-0.3, -0.25) is 0 Å². The number of halogens is 2. The molecule has 1 nitrogen and oxygen atoms in total. The molecule has 0 amide bonds. The standard InChI is InChI=1S/C16H23F2N/c17-16(18)15-8-6-14(7-9-15)12-19-11-10-13-4-2-1-3-5-13/h6-9,13,16,19H,1-5,10-12H2. The molecule has 1 aliphatic rings. The highest BCUT2D eigenvalue weighted by Gasteiger charge is 2.12. The highest BCUT2D eigenvalue weighted by atomic mass is 19.3. The lowest BCUT2D eigenvalue weighted by Gasteiger charge is -2.21. The second-order valence-corrected chi connectivity index (χ2v) is 5.51. The molecule has 0 bridgehead atoms. The molecular formula is C16H23F2N. The fourth-order valence-corrected chi connectivity index (χ4v) is 2.80. The molecule has 19 heavy (non-hydrogen) atoms. The molecule has 0 unspecified atom stereocenters. The van der Waals surface area contributed by atoms with Crippen molar-refractivity contribution in [1.29, 1.82) is 0 Å². The monoisotopic (exact) mass is 267 g/mol. The maximum Gasteiger partial charge on any atom is 0.263 e. The van der Waals surface area contributed by atoms with E-state index in [0.717, 1.165) is 24.6 Å². The average Bonchev–Trinajstić information content (AvgIpc) is 2.45. The van der Waals surface area contributed by atoms with Crippen LogP contribution >= 0.6 is 0 Å². The van der Waals surface area contributed by atoms with Crippen molar-refractivity contribution in [1.82, 2.24) is 5.32 Å². The fraction of sp³-hybridized carbons (Fsp3) is 0.625. The van der Waals surface area contributed by atoms with Gasteiger partial charge >= 0.3 is 0 Å². The van der Waals surface area contributed by atoms with E-state index in [-0.39, 0.29) is 5.56 Å². The summed E-state index contributed by atoms with van der Waals surface area (Å²) in [4.78, 5) is 0. The van der Waals surface area contributed by atoms with E-state index in [1.54, 1.807) is 12.1 Å². The summed E-state index contributed by atoms with van der Waals surface area (Å²) < 4.78 is 24.8. The Kier molecular flexibility index (Phi) is 5.77. The van der Waals surface area contributed by atoms with E-state index in [0.29, 0.717) is 0 Å². The van der Waals surface area contributed by atoms with E-state index in [2.05, 4.69) is 5.32 Å². The zero-order valence-corrected chi connectivity index (χ0v) is 11.4. The van der Waals surface area contributed by atoms with Crippen molar-refractivity contribution in [2.75, 3.05) is 6.54 Å². The molecule has 106 valence electrons. The number of nitrogens with one attached hydrogen (secondary N) is 1. The van der Waals surface area contributed by atoms with Crippen molar-refractivity contribution in [2.45, 2.75) is 51.5 Å². The number of hydrogen-bond donors (Lipinski definition) is 1. The molecule has 0 spiro atoms. The first-order valence-corrected chi connectivity index (χ1v) is 7.33. The van der Waals surface area contributed by atoms with Gasteiger partial charge in [0.05, 0.1) is 0 Å². The van der Waals surface area contributed by atoms with Crippen LogP contribution in [-0.2, 0) is 6.54 Å². The topological polar surface area (TPSA) is 12.0 Å². The summed E-state index contributed by atoms with van der Waals surface area (Å²) in [5.41, 5.74) is 1.18. The Bertz CT molecular complexity index is 356. The summed E-state index contributed by atoms with van der Waals surface area (Å²) in [6.07, 6.45) is 5.82. The Morgan fingerprint density at radius 2 is 1.74 bits per heavy atom. The molecule has 0 saturated heterocycles. The second kappa shape index (κ2) is 7.59. The van der Waals surface area contributed by atoms with E-state index >= 15 is 0 Å². The van der Waals surface area contributed by atoms with E-state index in [1.807, 2.05) is 0 Å². The van der Waals surface area contributed by atoms with Crippen LogP contribution in [0.3, 0.4) is 0 Å². The Morgan fingerprint density at radius 3 is 2.37 bits per heavy atom. The first kappa shape index (κ1) is 14.4. The zero-order valence-electron chi connectivity index (χ0n) is 11.4. The molecule has 1 aliphatic carbocycles. The van der Waals surface area contributed by atoms with Crippen LogP contribution < -0.4 is 5.32 Å². The van der Waals surface area contributed by atoms with Crippen molar-refractivity contribution in [3.8, 4) is 0 Å². The predicted molar refractivity (Wildman–Crippen MR) is 74.3 cm³/mol. The van der Waals surface area contributed by atoms with Gasteiger partial charge in [-0.25, -0.2) is 8.78 Å². The average molecular weight is 267 g/mol. The third kappa shape index (κ3) is 4.90. The van der Waals surface area contributed by atoms with Gasteiger partial charge in [-0.05, 0) is 24.4 Å². The lowest BCUT2D eigenvalue weighted by atomic mass is 9.87. The minimum Gasteiger partial charge on any atom is -0.313 e. The van der Waals surface area contributed by atoms with Crippen LogP contribution in [0, 0.1) is 5.92 Å². The second-order valence-electron chi connectivity index (χ2n) is 5.51. The Hall–Kier alpha value is -0.960. The summed E-state index contributed by atoms with van der Waals surface area (Å²) in [5.74, 6) is 0.891. The Morgan fingerprint density at radius 1 is 1.05 bits per heavy atom. The first-order chi connectivity index (χ1) is 9.25. The van der Waals surface area contributed by atoms with Crippen molar-refractivity contribution in [3.63, 3.8) is 0 Å². The van der Waals surface area contributed by atoms with Gasteiger partial charge in [0, 0.05) is 12.1 Å². The smallest absolute Gasteiger partial charge is 0.263 e.